The maximum absolute atomic E-state index is 14.4. The molecule has 6 rings (SSSR count). The van der Waals surface area contributed by atoms with Crippen LogP contribution in [0, 0.1) is 62.5 Å². The van der Waals surface area contributed by atoms with Crippen LogP contribution in [-0.2, 0) is 11.2 Å². The van der Waals surface area contributed by atoms with Gasteiger partial charge < -0.3 is 5.11 Å². The number of aryl methyl sites for hydroxylation is 1. The van der Waals surface area contributed by atoms with E-state index >= 15 is 0 Å². The van der Waals surface area contributed by atoms with Crippen molar-refractivity contribution in [3.05, 3.63) is 47.3 Å². The minimum Gasteiger partial charge on any atom is -0.393 e. The zero-order valence-corrected chi connectivity index (χ0v) is 26.9. The number of halogens is 1. The molecule has 0 unspecified atom stereocenters. The first-order valence-electron chi connectivity index (χ1n) is 16.9. The number of Topliss-reactive ketones (excluding diaryl/α,β-unsaturated/α-hetero) is 1. The summed E-state index contributed by atoms with van der Waals surface area (Å²) in [4.78, 5) is 14.4. The van der Waals surface area contributed by atoms with E-state index in [1.807, 2.05) is 12.1 Å². The van der Waals surface area contributed by atoms with Crippen LogP contribution in [-0.4, -0.2) is 17.0 Å². The molecule has 1 aromatic carbocycles. The minimum absolute atomic E-state index is 0.0365. The molecule has 5 aliphatic carbocycles. The molecule has 2 nitrogen and oxygen atoms in total. The van der Waals surface area contributed by atoms with Crippen molar-refractivity contribution in [1.29, 1.82) is 0 Å². The Morgan fingerprint density at radius 2 is 1.61 bits per heavy atom. The zero-order chi connectivity index (χ0) is 29.6. The molecule has 0 saturated heterocycles. The molecule has 4 saturated carbocycles. The molecule has 0 aliphatic heterocycles. The van der Waals surface area contributed by atoms with E-state index in [-0.39, 0.29) is 39.0 Å². The number of benzene rings is 1. The number of rotatable bonds is 4. The highest BCUT2D eigenvalue weighted by Gasteiger charge is 2.69. The first-order chi connectivity index (χ1) is 19.2. The number of aliphatic hydroxyl groups excluding tert-OH is 1. The molecule has 4 fully saturated rings. The van der Waals surface area contributed by atoms with E-state index < -0.39 is 0 Å². The summed E-state index contributed by atoms with van der Waals surface area (Å²) in [6.07, 6.45) is 13.6. The first-order valence-corrected chi connectivity index (χ1v) is 16.9. The molecule has 0 amide bonds. The molecule has 0 spiro atoms. The molecular weight excluding hydrogens is 507 g/mol. The van der Waals surface area contributed by atoms with Gasteiger partial charge in [0.1, 0.15) is 11.6 Å². The third kappa shape index (κ3) is 4.06. The molecule has 1 N–H and O–H groups in total. The van der Waals surface area contributed by atoms with Gasteiger partial charge in [-0.25, -0.2) is 4.39 Å². The van der Waals surface area contributed by atoms with Crippen molar-refractivity contribution in [3.8, 4) is 0 Å². The number of ketones is 1. The summed E-state index contributed by atoms with van der Waals surface area (Å²) < 4.78 is 13.5. The summed E-state index contributed by atoms with van der Waals surface area (Å²) in [6.45, 7) is 17.3. The van der Waals surface area contributed by atoms with Crippen molar-refractivity contribution in [2.75, 3.05) is 0 Å². The van der Waals surface area contributed by atoms with Crippen molar-refractivity contribution in [1.82, 2.24) is 0 Å². The molecule has 0 bridgehead atoms. The Balaban J connectivity index is 1.36. The van der Waals surface area contributed by atoms with Gasteiger partial charge in [-0.3, -0.25) is 4.79 Å². The molecular formula is C38H55FO2. The lowest BCUT2D eigenvalue weighted by Crippen LogP contribution is -2.65. The lowest BCUT2D eigenvalue weighted by Gasteiger charge is -2.71. The number of aliphatic hydroxyl groups is 1. The second-order valence-corrected chi connectivity index (χ2v) is 16.7. The number of carbonyl (C=O) groups excluding carboxylic acids is 1. The normalized spacial score (nSPS) is 46.8. The summed E-state index contributed by atoms with van der Waals surface area (Å²) in [5, 5.41) is 11.0. The Morgan fingerprint density at radius 3 is 2.32 bits per heavy atom. The molecule has 0 radical (unpaired) electrons. The predicted molar refractivity (Wildman–Crippen MR) is 165 cm³/mol. The van der Waals surface area contributed by atoms with Gasteiger partial charge >= 0.3 is 0 Å². The summed E-state index contributed by atoms with van der Waals surface area (Å²) in [5.41, 5.74) is 2.97. The Morgan fingerprint density at radius 1 is 0.902 bits per heavy atom. The topological polar surface area (TPSA) is 37.3 Å². The molecule has 226 valence electrons. The summed E-state index contributed by atoms with van der Waals surface area (Å²) >= 11 is 0. The molecule has 10 atom stereocenters. The van der Waals surface area contributed by atoms with Gasteiger partial charge in [0.05, 0.1) is 6.10 Å². The van der Waals surface area contributed by atoms with Gasteiger partial charge in [0, 0.05) is 11.8 Å². The SMILES string of the molecule is C[C@H]1[C@H](C)CC[C@]2(C(=O)CCc3ccc(F)cc3)CC[C@]3(C)C(=CC[C@@H]4[C@@]5(C)CC[C@H](O)C(C)(C)[C@@H]5CC[C@]43C)[C@H]12. The largest absolute Gasteiger partial charge is 0.393 e. The predicted octanol–water partition coefficient (Wildman–Crippen LogP) is 9.35. The van der Waals surface area contributed by atoms with Crippen LogP contribution in [0.5, 0.6) is 0 Å². The van der Waals surface area contributed by atoms with E-state index in [1.54, 1.807) is 5.57 Å². The number of hydrogen-bond acceptors (Lipinski definition) is 2. The van der Waals surface area contributed by atoms with Gasteiger partial charge in [-0.05, 0) is 133 Å². The Kier molecular flexibility index (Phi) is 7.05. The summed E-state index contributed by atoms with van der Waals surface area (Å²) in [6, 6.07) is 6.72. The standard InChI is InChI=1S/C38H55FO2/c1-24-16-21-38(32(41)15-10-26-8-11-27(39)12-9-26)23-22-36(6)28(33(38)25(24)2)13-14-30-35(5)19-18-31(40)34(3,4)29(35)17-20-37(30,36)7/h8-9,11-13,24-25,29-31,33,40H,10,14-23H2,1-7H3/t24-,25+,29+,30-,31+,33+,35+,36-,37-,38-/m1/s1. The Hall–Kier alpha value is -1.48. The van der Waals surface area contributed by atoms with Crippen molar-refractivity contribution < 1.29 is 14.3 Å². The lowest BCUT2D eigenvalue weighted by atomic mass is 9.33. The number of allylic oxidation sites excluding steroid dienone is 2. The van der Waals surface area contributed by atoms with Crippen LogP contribution in [0.4, 0.5) is 4.39 Å². The molecule has 1 aromatic rings. The number of fused-ring (bicyclic) bond motifs is 7. The van der Waals surface area contributed by atoms with Gasteiger partial charge in [0.15, 0.2) is 0 Å². The zero-order valence-electron chi connectivity index (χ0n) is 26.9. The van der Waals surface area contributed by atoms with Crippen LogP contribution in [0.3, 0.4) is 0 Å². The van der Waals surface area contributed by atoms with Crippen molar-refractivity contribution in [3.63, 3.8) is 0 Å². The molecule has 0 heterocycles. The highest BCUT2D eigenvalue weighted by Crippen LogP contribution is 2.75. The van der Waals surface area contributed by atoms with Crippen molar-refractivity contribution in [2.45, 2.75) is 125 Å². The highest BCUT2D eigenvalue weighted by molar-refractivity contribution is 5.86. The Bertz CT molecular complexity index is 1220. The van der Waals surface area contributed by atoms with Gasteiger partial charge in [-0.2, -0.15) is 0 Å². The van der Waals surface area contributed by atoms with Crippen molar-refractivity contribution >= 4 is 5.78 Å². The molecule has 3 heteroatoms. The Labute approximate surface area is 249 Å². The quantitative estimate of drug-likeness (QED) is 0.371. The van der Waals surface area contributed by atoms with E-state index in [0.717, 1.165) is 50.5 Å². The summed E-state index contributed by atoms with van der Waals surface area (Å²) in [5.74, 6) is 2.87. The second kappa shape index (κ2) is 9.76. The van der Waals surface area contributed by atoms with Gasteiger partial charge in [0.25, 0.3) is 0 Å². The fourth-order valence-electron chi connectivity index (χ4n) is 12.1. The van der Waals surface area contributed by atoms with Crippen LogP contribution in [0.1, 0.15) is 118 Å². The van der Waals surface area contributed by atoms with Gasteiger partial charge in [-0.1, -0.05) is 72.2 Å². The third-order valence-electron chi connectivity index (χ3n) is 15.1. The smallest absolute Gasteiger partial charge is 0.139 e. The lowest BCUT2D eigenvalue weighted by molar-refractivity contribution is -0.204. The van der Waals surface area contributed by atoms with E-state index in [1.165, 1.54) is 25.0 Å². The number of carbonyl (C=O) groups is 1. The highest BCUT2D eigenvalue weighted by atomic mass is 19.1. The van der Waals surface area contributed by atoms with Crippen LogP contribution < -0.4 is 0 Å². The third-order valence-corrected chi connectivity index (χ3v) is 15.1. The maximum Gasteiger partial charge on any atom is 0.139 e. The van der Waals surface area contributed by atoms with Crippen LogP contribution >= 0.6 is 0 Å². The minimum atomic E-state index is -0.251. The van der Waals surface area contributed by atoms with E-state index in [2.05, 4.69) is 54.5 Å². The van der Waals surface area contributed by atoms with E-state index in [0.29, 0.717) is 48.2 Å². The van der Waals surface area contributed by atoms with E-state index in [4.69, 9.17) is 0 Å². The monoisotopic (exact) mass is 562 g/mol. The van der Waals surface area contributed by atoms with Crippen LogP contribution in [0.2, 0.25) is 0 Å². The van der Waals surface area contributed by atoms with Crippen LogP contribution in [0.25, 0.3) is 0 Å². The van der Waals surface area contributed by atoms with E-state index in [9.17, 15) is 14.3 Å². The number of hydrogen-bond donors (Lipinski definition) is 1. The van der Waals surface area contributed by atoms with Crippen molar-refractivity contribution in [2.24, 2.45) is 56.7 Å². The molecule has 41 heavy (non-hydrogen) atoms. The maximum atomic E-state index is 14.4. The first kappa shape index (κ1) is 29.6. The fourth-order valence-corrected chi connectivity index (χ4v) is 12.1. The molecule has 0 aromatic heterocycles. The summed E-state index contributed by atoms with van der Waals surface area (Å²) in [7, 11) is 0. The van der Waals surface area contributed by atoms with Crippen LogP contribution in [0.15, 0.2) is 35.9 Å². The molecule has 5 aliphatic rings. The van der Waals surface area contributed by atoms with Gasteiger partial charge in [0.2, 0.25) is 0 Å². The fraction of sp³-hybridized carbons (Fsp3) is 0.763. The second-order valence-electron chi connectivity index (χ2n) is 16.7. The average molecular weight is 563 g/mol. The average Bonchev–Trinajstić information content (AvgIpc) is 2.93. The van der Waals surface area contributed by atoms with Gasteiger partial charge in [-0.15, -0.1) is 0 Å².